The van der Waals surface area contributed by atoms with Gasteiger partial charge in [-0.3, -0.25) is 4.90 Å². The third kappa shape index (κ3) is 9.01. The number of rotatable bonds is 12. The maximum absolute atomic E-state index is 13.1. The molecular formula is C31H47N5O5S2. The number of benzene rings is 2. The van der Waals surface area contributed by atoms with E-state index in [1.807, 2.05) is 17.9 Å². The highest BCUT2D eigenvalue weighted by Gasteiger charge is 2.31. The molecule has 1 N–H and O–H groups in total. The number of sulfone groups is 1. The molecule has 0 radical (unpaired) electrons. The molecule has 1 unspecified atom stereocenters. The van der Waals surface area contributed by atoms with E-state index < -0.39 is 19.9 Å². The van der Waals surface area contributed by atoms with E-state index in [4.69, 9.17) is 0 Å². The Labute approximate surface area is 258 Å². The summed E-state index contributed by atoms with van der Waals surface area (Å²) in [6.07, 6.45) is 3.97. The molecule has 2 aromatic carbocycles. The molecule has 0 aliphatic carbocycles. The van der Waals surface area contributed by atoms with E-state index in [0.717, 1.165) is 57.5 Å². The summed E-state index contributed by atoms with van der Waals surface area (Å²) in [6, 6.07) is 17.4. The number of urea groups is 1. The highest BCUT2D eigenvalue weighted by Crippen LogP contribution is 2.27. The number of piperidine rings is 1. The van der Waals surface area contributed by atoms with Gasteiger partial charge in [0.25, 0.3) is 0 Å². The molecule has 238 valence electrons. The summed E-state index contributed by atoms with van der Waals surface area (Å²) in [5, 5.41) is 3.00. The number of carbonyl (C=O) groups excluding carboxylic acids is 1. The fraction of sp³-hybridized carbons (Fsp3) is 0.581. The zero-order valence-corrected chi connectivity index (χ0v) is 27.3. The standard InChI is InChI=1S/C31H47N5O5S2/c1-4-36(31(37)32-25-26-11-13-29(14-12-26)42(3,38)39)28-15-18-33(19-16-28)20-17-30(27-9-7-6-8-10-27)34-21-23-35(24-22-34)43(40,41)5-2/h6-14,28,30H,4-5,15-25H2,1-3H3,(H,32,37). The zero-order valence-electron chi connectivity index (χ0n) is 25.7. The number of carbonyl (C=O) groups is 1. The van der Waals surface area contributed by atoms with E-state index in [1.165, 1.54) is 11.8 Å². The average Bonchev–Trinajstić information content (AvgIpc) is 3.02. The monoisotopic (exact) mass is 633 g/mol. The van der Waals surface area contributed by atoms with Crippen molar-refractivity contribution in [3.8, 4) is 0 Å². The van der Waals surface area contributed by atoms with Gasteiger partial charge < -0.3 is 15.1 Å². The van der Waals surface area contributed by atoms with E-state index in [1.54, 1.807) is 35.5 Å². The van der Waals surface area contributed by atoms with Crippen molar-refractivity contribution < 1.29 is 21.6 Å². The Hall–Kier alpha value is -2.51. The van der Waals surface area contributed by atoms with Gasteiger partial charge in [0.2, 0.25) is 10.0 Å². The first-order chi connectivity index (χ1) is 20.5. The minimum Gasteiger partial charge on any atom is -0.334 e. The Morgan fingerprint density at radius 3 is 2.09 bits per heavy atom. The van der Waals surface area contributed by atoms with Gasteiger partial charge >= 0.3 is 6.03 Å². The van der Waals surface area contributed by atoms with E-state index in [2.05, 4.69) is 39.4 Å². The highest BCUT2D eigenvalue weighted by atomic mass is 32.2. The molecule has 12 heteroatoms. The van der Waals surface area contributed by atoms with Gasteiger partial charge in [0.05, 0.1) is 10.6 Å². The molecule has 2 fully saturated rings. The molecule has 2 amide bonds. The second-order valence-electron chi connectivity index (χ2n) is 11.5. The number of likely N-dealkylation sites (tertiary alicyclic amines) is 1. The van der Waals surface area contributed by atoms with Crippen LogP contribution in [-0.4, -0.2) is 112 Å². The van der Waals surface area contributed by atoms with Gasteiger partial charge in [-0.1, -0.05) is 42.5 Å². The van der Waals surface area contributed by atoms with Crippen LogP contribution in [0.3, 0.4) is 0 Å². The molecular weight excluding hydrogens is 587 g/mol. The SMILES string of the molecule is CCN(C(=O)NCc1ccc(S(C)(=O)=O)cc1)C1CCN(CCC(c2ccccc2)N2CCN(S(=O)(=O)CC)CC2)CC1. The number of hydrogen-bond acceptors (Lipinski definition) is 7. The smallest absolute Gasteiger partial charge is 0.317 e. The molecule has 2 aromatic rings. The molecule has 4 rings (SSSR count). The average molecular weight is 634 g/mol. The number of amides is 2. The molecule has 2 aliphatic rings. The van der Waals surface area contributed by atoms with Gasteiger partial charge in [-0.05, 0) is 62.9 Å². The summed E-state index contributed by atoms with van der Waals surface area (Å²) in [6.45, 7) is 9.98. The molecule has 1 atom stereocenters. The van der Waals surface area contributed by atoms with Gasteiger partial charge in [-0.25, -0.2) is 21.6 Å². The van der Waals surface area contributed by atoms with Crippen LogP contribution >= 0.6 is 0 Å². The first-order valence-corrected chi connectivity index (χ1v) is 18.8. The van der Waals surface area contributed by atoms with Crippen molar-refractivity contribution in [2.24, 2.45) is 0 Å². The van der Waals surface area contributed by atoms with Crippen molar-refractivity contribution in [3.05, 3.63) is 65.7 Å². The van der Waals surface area contributed by atoms with Crippen LogP contribution < -0.4 is 5.32 Å². The van der Waals surface area contributed by atoms with Crippen LogP contribution in [0.25, 0.3) is 0 Å². The number of piperazine rings is 1. The number of sulfonamides is 1. The molecule has 0 spiro atoms. The van der Waals surface area contributed by atoms with Gasteiger partial charge in [0, 0.05) is 70.7 Å². The molecule has 10 nitrogen and oxygen atoms in total. The van der Waals surface area contributed by atoms with Gasteiger partial charge in [-0.2, -0.15) is 4.31 Å². The normalized spacial score (nSPS) is 18.8. The minimum absolute atomic E-state index is 0.0958. The summed E-state index contributed by atoms with van der Waals surface area (Å²) < 4.78 is 49.8. The van der Waals surface area contributed by atoms with Crippen molar-refractivity contribution in [2.75, 3.05) is 64.4 Å². The van der Waals surface area contributed by atoms with Crippen LogP contribution in [0.15, 0.2) is 59.5 Å². The quantitative estimate of drug-likeness (QED) is 0.382. The van der Waals surface area contributed by atoms with E-state index in [9.17, 15) is 21.6 Å². The van der Waals surface area contributed by atoms with Crippen molar-refractivity contribution in [3.63, 3.8) is 0 Å². The topological polar surface area (TPSA) is 110 Å². The van der Waals surface area contributed by atoms with E-state index >= 15 is 0 Å². The van der Waals surface area contributed by atoms with E-state index in [-0.39, 0.29) is 28.8 Å². The first kappa shape index (κ1) is 33.4. The van der Waals surface area contributed by atoms with Crippen molar-refractivity contribution in [1.82, 2.24) is 24.3 Å². The van der Waals surface area contributed by atoms with Crippen molar-refractivity contribution in [2.45, 2.75) is 56.6 Å². The van der Waals surface area contributed by atoms with Crippen LogP contribution in [0.1, 0.15) is 50.3 Å². The molecule has 0 bridgehead atoms. The second kappa shape index (κ2) is 15.0. The van der Waals surface area contributed by atoms with Gasteiger partial charge in [0.1, 0.15) is 0 Å². The number of nitrogens with one attached hydrogen (secondary N) is 1. The molecule has 43 heavy (non-hydrogen) atoms. The molecule has 2 saturated heterocycles. The third-order valence-electron chi connectivity index (χ3n) is 8.77. The Balaban J connectivity index is 1.27. The van der Waals surface area contributed by atoms with Crippen LogP contribution in [0.5, 0.6) is 0 Å². The minimum atomic E-state index is -3.25. The molecule has 0 saturated carbocycles. The first-order valence-electron chi connectivity index (χ1n) is 15.3. The third-order valence-corrected chi connectivity index (χ3v) is 11.8. The maximum Gasteiger partial charge on any atom is 0.317 e. The number of nitrogens with zero attached hydrogens (tertiary/aromatic N) is 4. The largest absolute Gasteiger partial charge is 0.334 e. The summed E-state index contributed by atoms with van der Waals surface area (Å²) >= 11 is 0. The van der Waals surface area contributed by atoms with Crippen LogP contribution in [0.2, 0.25) is 0 Å². The lowest BCUT2D eigenvalue weighted by atomic mass is 9.99. The fourth-order valence-electron chi connectivity index (χ4n) is 6.17. The second-order valence-corrected chi connectivity index (χ2v) is 15.8. The fourth-order valence-corrected chi connectivity index (χ4v) is 7.89. The Bertz CT molecular complexity index is 1390. The van der Waals surface area contributed by atoms with Crippen molar-refractivity contribution in [1.29, 1.82) is 0 Å². The lowest BCUT2D eigenvalue weighted by molar-refractivity contribution is 0.0987. The molecule has 0 aromatic heterocycles. The molecule has 2 aliphatic heterocycles. The predicted octanol–water partition coefficient (Wildman–Crippen LogP) is 3.18. The summed E-state index contributed by atoms with van der Waals surface area (Å²) in [4.78, 5) is 20.2. The Morgan fingerprint density at radius 1 is 0.907 bits per heavy atom. The van der Waals surface area contributed by atoms with Crippen LogP contribution in [-0.2, 0) is 26.4 Å². The highest BCUT2D eigenvalue weighted by molar-refractivity contribution is 7.90. The Morgan fingerprint density at radius 2 is 1.53 bits per heavy atom. The lowest BCUT2D eigenvalue weighted by Gasteiger charge is -2.41. The van der Waals surface area contributed by atoms with Crippen LogP contribution in [0.4, 0.5) is 4.79 Å². The van der Waals surface area contributed by atoms with Gasteiger partial charge in [0.15, 0.2) is 9.84 Å². The Kier molecular flexibility index (Phi) is 11.6. The maximum atomic E-state index is 13.1. The zero-order chi connectivity index (χ0) is 31.0. The summed E-state index contributed by atoms with van der Waals surface area (Å²) in [5.41, 5.74) is 2.12. The predicted molar refractivity (Wildman–Crippen MR) is 170 cm³/mol. The summed E-state index contributed by atoms with van der Waals surface area (Å²) in [7, 11) is -6.41. The molecule has 2 heterocycles. The summed E-state index contributed by atoms with van der Waals surface area (Å²) in [5.74, 6) is 0.142. The van der Waals surface area contributed by atoms with Gasteiger partial charge in [-0.15, -0.1) is 0 Å². The van der Waals surface area contributed by atoms with Crippen LogP contribution in [0, 0.1) is 0 Å². The van der Waals surface area contributed by atoms with Crippen molar-refractivity contribution >= 4 is 25.9 Å². The number of hydrogen-bond donors (Lipinski definition) is 1. The lowest BCUT2D eigenvalue weighted by Crippen LogP contribution is -2.51. The van der Waals surface area contributed by atoms with E-state index in [0.29, 0.717) is 26.2 Å².